The van der Waals surface area contributed by atoms with Crippen LogP contribution in [-0.2, 0) is 4.79 Å². The van der Waals surface area contributed by atoms with Gasteiger partial charge in [-0.15, -0.1) is 11.3 Å². The van der Waals surface area contributed by atoms with E-state index in [2.05, 4.69) is 32.5 Å². The van der Waals surface area contributed by atoms with Gasteiger partial charge in [-0.2, -0.15) is 0 Å². The molecule has 0 saturated heterocycles. The van der Waals surface area contributed by atoms with E-state index >= 15 is 0 Å². The molecular formula is C32H32N6O4S. The van der Waals surface area contributed by atoms with Crippen molar-refractivity contribution in [2.75, 3.05) is 10.2 Å². The summed E-state index contributed by atoms with van der Waals surface area (Å²) in [6.07, 6.45) is 8.82. The molecule has 11 heteroatoms. The van der Waals surface area contributed by atoms with Crippen molar-refractivity contribution in [3.05, 3.63) is 77.6 Å². The lowest BCUT2D eigenvalue weighted by Crippen LogP contribution is -2.41. The summed E-state index contributed by atoms with van der Waals surface area (Å²) in [6.45, 7) is 7.37. The third-order valence-corrected chi connectivity index (χ3v) is 8.87. The maximum atomic E-state index is 13.6. The van der Waals surface area contributed by atoms with Gasteiger partial charge in [0.25, 0.3) is 5.91 Å². The first-order valence-electron chi connectivity index (χ1n) is 14.3. The molecular weight excluding hydrogens is 564 g/mol. The average molecular weight is 597 g/mol. The fourth-order valence-corrected chi connectivity index (χ4v) is 6.73. The topological polar surface area (TPSA) is 126 Å². The Balaban J connectivity index is 1.26. The lowest BCUT2D eigenvalue weighted by atomic mass is 10.1. The molecule has 1 saturated carbocycles. The number of aromatic nitrogens is 2. The highest BCUT2D eigenvalue weighted by molar-refractivity contribution is 7.21. The van der Waals surface area contributed by atoms with E-state index in [1.807, 2.05) is 44.2 Å². The first kappa shape index (κ1) is 28.4. The van der Waals surface area contributed by atoms with Gasteiger partial charge in [-0.1, -0.05) is 19.4 Å². The molecule has 4 heterocycles. The van der Waals surface area contributed by atoms with Crippen LogP contribution in [0.1, 0.15) is 53.0 Å². The normalized spacial score (nSPS) is 18.0. The Morgan fingerprint density at radius 1 is 1.05 bits per heavy atom. The van der Waals surface area contributed by atoms with Crippen molar-refractivity contribution in [3.63, 3.8) is 0 Å². The number of benzene rings is 1. The number of hydrogen-bond acceptors (Lipinski definition) is 7. The first-order valence-corrected chi connectivity index (χ1v) is 15.1. The van der Waals surface area contributed by atoms with Gasteiger partial charge in [0.15, 0.2) is 0 Å². The van der Waals surface area contributed by atoms with Crippen LogP contribution < -0.4 is 25.6 Å². The molecule has 6 rings (SSSR count). The van der Waals surface area contributed by atoms with Gasteiger partial charge in [0.05, 0.1) is 28.6 Å². The van der Waals surface area contributed by atoms with Crippen molar-refractivity contribution >= 4 is 56.5 Å². The molecule has 0 bridgehead atoms. The summed E-state index contributed by atoms with van der Waals surface area (Å²) in [4.78, 5) is 50.6. The Labute approximate surface area is 253 Å². The number of pyridine rings is 2. The number of urea groups is 1. The average Bonchev–Trinajstić information content (AvgIpc) is 3.22. The van der Waals surface area contributed by atoms with Gasteiger partial charge in [-0.05, 0) is 81.1 Å². The number of nitrogens with one attached hydrogen (secondary N) is 3. The van der Waals surface area contributed by atoms with Gasteiger partial charge in [0.1, 0.15) is 21.2 Å². The van der Waals surface area contributed by atoms with Crippen LogP contribution in [0.5, 0.6) is 11.5 Å². The molecule has 0 radical (unpaired) electrons. The van der Waals surface area contributed by atoms with Crippen LogP contribution in [0, 0.1) is 13.8 Å². The summed E-state index contributed by atoms with van der Waals surface area (Å²) in [6, 6.07) is 10.6. The first-order chi connectivity index (χ1) is 20.8. The molecule has 3 N–H and O–H groups in total. The summed E-state index contributed by atoms with van der Waals surface area (Å²) in [5, 5.41) is 9.82. The SMILES string of the molecule is C=CC(=O)NC1CCCC[C@@H](NC(=O)c2sc3nccc4c3c2NC(=O)N4c2ccc(Oc3ccc(C)nc3)cc2C)C1. The lowest BCUT2D eigenvalue weighted by molar-refractivity contribution is -0.117. The van der Waals surface area contributed by atoms with Crippen molar-refractivity contribution in [3.8, 4) is 11.5 Å². The van der Waals surface area contributed by atoms with Crippen molar-refractivity contribution in [1.29, 1.82) is 0 Å². The minimum absolute atomic E-state index is 0.0332. The highest BCUT2D eigenvalue weighted by Gasteiger charge is 2.34. The summed E-state index contributed by atoms with van der Waals surface area (Å²) in [5.74, 6) is 0.780. The molecule has 4 amide bonds. The highest BCUT2D eigenvalue weighted by atomic mass is 32.1. The minimum atomic E-state index is -0.367. The number of carbonyl (C=O) groups excluding carboxylic acids is 3. The van der Waals surface area contributed by atoms with Crippen LogP contribution in [-0.4, -0.2) is 39.9 Å². The number of hydrogen-bond donors (Lipinski definition) is 3. The second-order valence-corrected chi connectivity index (χ2v) is 11.9. The smallest absolute Gasteiger partial charge is 0.331 e. The molecule has 4 aromatic rings. The minimum Gasteiger partial charge on any atom is -0.456 e. The maximum absolute atomic E-state index is 13.6. The van der Waals surface area contributed by atoms with Crippen molar-refractivity contribution < 1.29 is 19.1 Å². The number of thiophene rings is 1. The van der Waals surface area contributed by atoms with E-state index in [0.29, 0.717) is 44.7 Å². The number of anilines is 3. The molecule has 3 aromatic heterocycles. The van der Waals surface area contributed by atoms with E-state index in [9.17, 15) is 14.4 Å². The Hall–Kier alpha value is -4.77. The van der Waals surface area contributed by atoms with Crippen molar-refractivity contribution in [1.82, 2.24) is 20.6 Å². The van der Waals surface area contributed by atoms with Crippen molar-refractivity contribution in [2.45, 2.75) is 58.0 Å². The molecule has 1 aliphatic heterocycles. The number of amides is 4. The number of nitrogens with zero attached hydrogens (tertiary/aromatic N) is 3. The molecule has 0 spiro atoms. The van der Waals surface area contributed by atoms with Crippen LogP contribution in [0.4, 0.5) is 21.9 Å². The van der Waals surface area contributed by atoms with Crippen LogP contribution in [0.25, 0.3) is 10.2 Å². The van der Waals surface area contributed by atoms with Gasteiger partial charge in [0.2, 0.25) is 5.91 Å². The van der Waals surface area contributed by atoms with Gasteiger partial charge in [-0.3, -0.25) is 19.5 Å². The molecule has 2 atom stereocenters. The zero-order valence-corrected chi connectivity index (χ0v) is 24.8. The molecule has 10 nitrogen and oxygen atoms in total. The van der Waals surface area contributed by atoms with E-state index in [1.54, 1.807) is 23.4 Å². The quantitative estimate of drug-likeness (QED) is 0.165. The summed E-state index contributed by atoms with van der Waals surface area (Å²) >= 11 is 1.25. The zero-order valence-electron chi connectivity index (χ0n) is 24.0. The van der Waals surface area contributed by atoms with Gasteiger partial charge < -0.3 is 20.7 Å². The number of aryl methyl sites for hydroxylation is 2. The van der Waals surface area contributed by atoms with E-state index < -0.39 is 0 Å². The predicted molar refractivity (Wildman–Crippen MR) is 167 cm³/mol. The Bertz CT molecular complexity index is 1730. The Morgan fingerprint density at radius 3 is 2.53 bits per heavy atom. The third kappa shape index (κ3) is 5.80. The molecule has 1 unspecified atom stereocenters. The van der Waals surface area contributed by atoms with Crippen LogP contribution in [0.3, 0.4) is 0 Å². The molecule has 2 aliphatic rings. The second kappa shape index (κ2) is 11.8. The molecule has 1 aromatic carbocycles. The van der Waals surface area contributed by atoms with E-state index in [-0.39, 0.29) is 29.9 Å². The van der Waals surface area contributed by atoms with Gasteiger partial charge in [-0.25, -0.2) is 9.78 Å². The monoisotopic (exact) mass is 596 g/mol. The zero-order chi connectivity index (χ0) is 30.1. The molecule has 220 valence electrons. The molecule has 43 heavy (non-hydrogen) atoms. The highest BCUT2D eigenvalue weighted by Crippen LogP contribution is 2.46. The van der Waals surface area contributed by atoms with Gasteiger partial charge in [0, 0.05) is 24.0 Å². The fourth-order valence-electron chi connectivity index (χ4n) is 5.71. The Morgan fingerprint density at radius 2 is 1.81 bits per heavy atom. The summed E-state index contributed by atoms with van der Waals surface area (Å²) in [7, 11) is 0. The number of carbonyl (C=O) groups is 3. The van der Waals surface area contributed by atoms with Crippen LogP contribution >= 0.6 is 11.3 Å². The Kier molecular flexibility index (Phi) is 7.81. The maximum Gasteiger partial charge on any atom is 0.331 e. The van der Waals surface area contributed by atoms with Crippen LogP contribution in [0.2, 0.25) is 0 Å². The second-order valence-electron chi connectivity index (χ2n) is 10.9. The fraction of sp³-hybridized carbons (Fsp3) is 0.281. The summed E-state index contributed by atoms with van der Waals surface area (Å²) < 4.78 is 5.97. The predicted octanol–water partition coefficient (Wildman–Crippen LogP) is 6.52. The van der Waals surface area contributed by atoms with Crippen molar-refractivity contribution in [2.24, 2.45) is 0 Å². The third-order valence-electron chi connectivity index (χ3n) is 7.77. The summed E-state index contributed by atoms with van der Waals surface area (Å²) in [5.41, 5.74) is 3.55. The van der Waals surface area contributed by atoms with E-state index in [1.165, 1.54) is 17.4 Å². The van der Waals surface area contributed by atoms with Gasteiger partial charge >= 0.3 is 6.03 Å². The number of ether oxygens (including phenoxy) is 1. The molecule has 1 fully saturated rings. The molecule has 1 aliphatic carbocycles. The number of rotatable bonds is 7. The van der Waals surface area contributed by atoms with E-state index in [4.69, 9.17) is 4.74 Å². The largest absolute Gasteiger partial charge is 0.456 e. The van der Waals surface area contributed by atoms with E-state index in [0.717, 1.165) is 42.3 Å². The lowest BCUT2D eigenvalue weighted by Gasteiger charge is -2.29. The standard InChI is InChI=1S/C32H32N6O4S/c1-4-26(39)35-20-7-5-6-8-21(16-20)36-30(40)29-28-27-25(13-14-33-31(27)43-29)38(32(41)37-28)24-12-11-22(15-18(24)2)42-23-10-9-19(3)34-17-23/h4,9-15,17,20-21H,1,5-8,16H2,2-3H3,(H,35,39)(H,36,40)(H,37,41)/t20?,21-/m1/s1. The van der Waals surface area contributed by atoms with Crippen LogP contribution in [0.15, 0.2) is 61.4 Å².